The number of nitrogens with zero attached hydrogens (tertiary/aromatic N) is 1. The highest BCUT2D eigenvalue weighted by Gasteiger charge is 2.04. The van der Waals surface area contributed by atoms with Gasteiger partial charge in [-0.2, -0.15) is 0 Å². The molecule has 0 amide bonds. The molecule has 0 saturated heterocycles. The van der Waals surface area contributed by atoms with Crippen molar-refractivity contribution in [3.05, 3.63) is 11.8 Å². The quantitative estimate of drug-likeness (QED) is 0.535. The molecule has 1 nitrogen and oxygen atoms in total. The average molecular weight is 207 g/mol. The summed E-state index contributed by atoms with van der Waals surface area (Å²) in [6.07, 6.45) is 15.1. The minimum Gasteiger partial charge on any atom is -0.266 e. The maximum atomic E-state index is 4.48. The molecule has 1 heterocycles. The molecule has 0 saturated carbocycles. The number of aliphatic imine (C=N–C) groups is 1. The van der Waals surface area contributed by atoms with E-state index in [9.17, 15) is 0 Å². The number of allylic oxidation sites excluding steroid dienone is 2. The summed E-state index contributed by atoms with van der Waals surface area (Å²) in [5.74, 6) is 0.651. The van der Waals surface area contributed by atoms with Crippen LogP contribution >= 0.6 is 0 Å². The Bertz CT molecular complexity index is 215. The van der Waals surface area contributed by atoms with Crippen LogP contribution < -0.4 is 0 Å². The molecule has 1 atom stereocenters. The predicted molar refractivity (Wildman–Crippen MR) is 68.3 cm³/mol. The summed E-state index contributed by atoms with van der Waals surface area (Å²) in [4.78, 5) is 4.48. The first kappa shape index (κ1) is 12.5. The van der Waals surface area contributed by atoms with Crippen LogP contribution in [0.3, 0.4) is 0 Å². The molecule has 1 heteroatoms. The van der Waals surface area contributed by atoms with E-state index in [4.69, 9.17) is 0 Å². The van der Waals surface area contributed by atoms with E-state index >= 15 is 0 Å². The van der Waals surface area contributed by atoms with E-state index in [1.165, 1.54) is 57.1 Å². The second kappa shape index (κ2) is 7.67. The summed E-state index contributed by atoms with van der Waals surface area (Å²) in [5.41, 5.74) is 1.32. The fraction of sp³-hybridized carbons (Fsp3) is 0.786. The molecule has 15 heavy (non-hydrogen) atoms. The minimum atomic E-state index is 0.651. The zero-order valence-corrected chi connectivity index (χ0v) is 10.3. The van der Waals surface area contributed by atoms with Crippen molar-refractivity contribution in [1.29, 1.82) is 0 Å². The van der Waals surface area contributed by atoms with E-state index in [1.54, 1.807) is 0 Å². The maximum absolute atomic E-state index is 4.48. The average Bonchev–Trinajstić information content (AvgIpc) is 2.26. The van der Waals surface area contributed by atoms with Gasteiger partial charge >= 0.3 is 0 Å². The van der Waals surface area contributed by atoms with Gasteiger partial charge in [0.1, 0.15) is 0 Å². The van der Waals surface area contributed by atoms with Crippen molar-refractivity contribution >= 4 is 6.21 Å². The Labute approximate surface area is 94.7 Å². The second-order valence-electron chi connectivity index (χ2n) is 4.70. The van der Waals surface area contributed by atoms with Crippen LogP contribution in [0.2, 0.25) is 0 Å². The SMILES string of the molecule is CCCCCCCCC1=CCC(C)C=N1. The lowest BCUT2D eigenvalue weighted by Crippen LogP contribution is -2.00. The topological polar surface area (TPSA) is 12.4 Å². The minimum absolute atomic E-state index is 0.651. The lowest BCUT2D eigenvalue weighted by Gasteiger charge is -2.10. The van der Waals surface area contributed by atoms with Crippen LogP contribution in [-0.4, -0.2) is 6.21 Å². The largest absolute Gasteiger partial charge is 0.266 e. The molecule has 0 fully saturated rings. The summed E-state index contributed by atoms with van der Waals surface area (Å²) in [6.45, 7) is 4.49. The Morgan fingerprint density at radius 2 is 1.93 bits per heavy atom. The highest BCUT2D eigenvalue weighted by molar-refractivity contribution is 5.63. The monoisotopic (exact) mass is 207 g/mol. The van der Waals surface area contributed by atoms with Crippen molar-refractivity contribution in [3.8, 4) is 0 Å². The molecule has 86 valence electrons. The molecule has 1 aliphatic heterocycles. The van der Waals surface area contributed by atoms with Gasteiger partial charge in [0.05, 0.1) is 0 Å². The first-order valence-electron chi connectivity index (χ1n) is 6.56. The van der Waals surface area contributed by atoms with Crippen molar-refractivity contribution in [3.63, 3.8) is 0 Å². The lowest BCUT2D eigenvalue weighted by atomic mass is 10.0. The summed E-state index contributed by atoms with van der Waals surface area (Å²) in [5, 5.41) is 0. The molecule has 0 aromatic rings. The summed E-state index contributed by atoms with van der Waals surface area (Å²) in [7, 11) is 0. The Morgan fingerprint density at radius 3 is 2.60 bits per heavy atom. The highest BCUT2D eigenvalue weighted by Crippen LogP contribution is 2.17. The molecule has 0 bridgehead atoms. The van der Waals surface area contributed by atoms with E-state index in [2.05, 4.69) is 31.1 Å². The van der Waals surface area contributed by atoms with Gasteiger partial charge in [-0.1, -0.05) is 52.0 Å². The second-order valence-corrected chi connectivity index (χ2v) is 4.70. The van der Waals surface area contributed by atoms with E-state index < -0.39 is 0 Å². The van der Waals surface area contributed by atoms with E-state index in [0.29, 0.717) is 5.92 Å². The van der Waals surface area contributed by atoms with Gasteiger partial charge in [-0.3, -0.25) is 4.99 Å². The van der Waals surface area contributed by atoms with Crippen molar-refractivity contribution < 1.29 is 0 Å². The first-order chi connectivity index (χ1) is 7.33. The highest BCUT2D eigenvalue weighted by atomic mass is 14.7. The molecule has 0 N–H and O–H groups in total. The lowest BCUT2D eigenvalue weighted by molar-refractivity contribution is 0.603. The fourth-order valence-electron chi connectivity index (χ4n) is 1.91. The molecule has 0 aromatic heterocycles. The van der Waals surface area contributed by atoms with Crippen molar-refractivity contribution in [1.82, 2.24) is 0 Å². The zero-order valence-electron chi connectivity index (χ0n) is 10.3. The van der Waals surface area contributed by atoms with Gasteiger partial charge in [-0.25, -0.2) is 0 Å². The molecular formula is C14H25N. The van der Waals surface area contributed by atoms with Crippen LogP contribution in [0.1, 0.15) is 65.2 Å². The van der Waals surface area contributed by atoms with E-state index in [0.717, 1.165) is 0 Å². The van der Waals surface area contributed by atoms with E-state index in [1.807, 2.05) is 0 Å². The van der Waals surface area contributed by atoms with Crippen LogP contribution in [0.4, 0.5) is 0 Å². The van der Waals surface area contributed by atoms with Crippen molar-refractivity contribution in [2.75, 3.05) is 0 Å². The Balaban J connectivity index is 1.99. The molecule has 1 aliphatic rings. The molecule has 0 aliphatic carbocycles. The normalized spacial score (nSPS) is 20.4. The molecule has 1 rings (SSSR count). The number of hydrogen-bond donors (Lipinski definition) is 0. The zero-order chi connectivity index (χ0) is 10.9. The Kier molecular flexibility index (Phi) is 6.38. The van der Waals surface area contributed by atoms with Crippen LogP contribution in [-0.2, 0) is 0 Å². The molecule has 0 spiro atoms. The number of rotatable bonds is 7. The van der Waals surface area contributed by atoms with Crippen molar-refractivity contribution in [2.45, 2.75) is 65.2 Å². The Hall–Kier alpha value is -0.590. The van der Waals surface area contributed by atoms with Crippen LogP contribution in [0.15, 0.2) is 16.8 Å². The fourth-order valence-corrected chi connectivity index (χ4v) is 1.91. The van der Waals surface area contributed by atoms with Gasteiger partial charge in [-0.15, -0.1) is 0 Å². The molecule has 1 unspecified atom stereocenters. The van der Waals surface area contributed by atoms with Gasteiger partial charge < -0.3 is 0 Å². The Morgan fingerprint density at radius 1 is 1.20 bits per heavy atom. The van der Waals surface area contributed by atoms with Crippen LogP contribution in [0.5, 0.6) is 0 Å². The smallest absolute Gasteiger partial charge is 0.0360 e. The number of unbranched alkanes of at least 4 members (excludes halogenated alkanes) is 5. The van der Waals surface area contributed by atoms with Gasteiger partial charge in [0.2, 0.25) is 0 Å². The third-order valence-corrected chi connectivity index (χ3v) is 3.01. The third kappa shape index (κ3) is 5.76. The van der Waals surface area contributed by atoms with Gasteiger partial charge in [0.25, 0.3) is 0 Å². The van der Waals surface area contributed by atoms with Gasteiger partial charge in [0, 0.05) is 11.9 Å². The van der Waals surface area contributed by atoms with Crippen LogP contribution in [0, 0.1) is 5.92 Å². The first-order valence-corrected chi connectivity index (χ1v) is 6.56. The third-order valence-electron chi connectivity index (χ3n) is 3.01. The van der Waals surface area contributed by atoms with Gasteiger partial charge in [-0.05, 0) is 25.2 Å². The summed E-state index contributed by atoms with van der Waals surface area (Å²) in [6, 6.07) is 0. The standard InChI is InChI=1S/C14H25N/c1-3-4-5-6-7-8-9-14-11-10-13(2)12-15-14/h11-13H,3-10H2,1-2H3. The predicted octanol–water partition coefficient (Wildman–Crippen LogP) is 4.73. The van der Waals surface area contributed by atoms with Crippen LogP contribution in [0.25, 0.3) is 0 Å². The summed E-state index contributed by atoms with van der Waals surface area (Å²) >= 11 is 0. The molecular weight excluding hydrogens is 182 g/mol. The van der Waals surface area contributed by atoms with Gasteiger partial charge in [0.15, 0.2) is 0 Å². The van der Waals surface area contributed by atoms with Crippen molar-refractivity contribution in [2.24, 2.45) is 10.9 Å². The summed E-state index contributed by atoms with van der Waals surface area (Å²) < 4.78 is 0. The maximum Gasteiger partial charge on any atom is 0.0360 e. The number of hydrogen-bond acceptors (Lipinski definition) is 1. The van der Waals surface area contributed by atoms with E-state index in [-0.39, 0.29) is 0 Å². The molecule has 0 aromatic carbocycles. The molecule has 0 radical (unpaired) electrons.